The van der Waals surface area contributed by atoms with Crippen LogP contribution in [0.3, 0.4) is 0 Å². The minimum absolute atomic E-state index is 0.200. The summed E-state index contributed by atoms with van der Waals surface area (Å²) >= 11 is 0. The van der Waals surface area contributed by atoms with E-state index in [1.54, 1.807) is 6.07 Å². The van der Waals surface area contributed by atoms with Gasteiger partial charge in [0.05, 0.1) is 0 Å². The number of H-pyrrole nitrogens is 1. The molecule has 1 aromatic heterocycles. The second kappa shape index (κ2) is 5.78. The zero-order chi connectivity index (χ0) is 15.8. The summed E-state index contributed by atoms with van der Waals surface area (Å²) in [7, 11) is 0. The molecule has 0 spiro atoms. The fourth-order valence-electron chi connectivity index (χ4n) is 3.43. The number of nitrogens with one attached hydrogen (secondary N) is 1. The molecular weight excluding hydrogens is 294 g/mol. The number of fused-ring (bicyclic) bond motifs is 3. The Morgan fingerprint density at radius 1 is 1.00 bits per heavy atom. The Hall–Kier alpha value is -2.20. The van der Waals surface area contributed by atoms with Crippen LogP contribution < -0.4 is 0 Å². The number of aromatic amines is 1. The average Bonchev–Trinajstić information content (AvgIpc) is 2.74. The maximum atomic E-state index is 13.6. The van der Waals surface area contributed by atoms with Crippen molar-refractivity contribution in [3.63, 3.8) is 0 Å². The zero-order valence-corrected chi connectivity index (χ0v) is 12.8. The fraction of sp³-hybridized carbons (Fsp3) is 0.263. The van der Waals surface area contributed by atoms with Crippen LogP contribution in [-0.4, -0.2) is 16.4 Å². The molecule has 2 aromatic carbocycles. The number of aryl methyl sites for hydroxylation is 1. The largest absolute Gasteiger partial charge is 0.358 e. The van der Waals surface area contributed by atoms with Crippen molar-refractivity contribution in [1.82, 2.24) is 9.88 Å². The number of rotatable bonds is 2. The first kappa shape index (κ1) is 14.4. The van der Waals surface area contributed by atoms with E-state index in [4.69, 9.17) is 0 Å². The van der Waals surface area contributed by atoms with Gasteiger partial charge in [-0.25, -0.2) is 8.78 Å². The van der Waals surface area contributed by atoms with Crippen molar-refractivity contribution in [2.24, 2.45) is 0 Å². The van der Waals surface area contributed by atoms with Crippen LogP contribution in [-0.2, 0) is 19.5 Å². The first-order valence-electron chi connectivity index (χ1n) is 7.95. The Morgan fingerprint density at radius 2 is 1.78 bits per heavy atom. The van der Waals surface area contributed by atoms with Gasteiger partial charge in [-0.05, 0) is 60.8 Å². The molecule has 1 aliphatic rings. The van der Waals surface area contributed by atoms with Crippen LogP contribution >= 0.6 is 0 Å². The zero-order valence-electron chi connectivity index (χ0n) is 12.8. The molecule has 0 saturated carbocycles. The molecular formula is C19H18F2N2. The standard InChI is InChI=1S/C19H18F2N2/c20-14-5-3-13(4-6-14)11-23-9-1-2-18-17(12-23)16-10-15(21)7-8-19(16)22-18/h3-8,10,22H,1-2,9,11-12H2. The molecule has 0 aliphatic carbocycles. The molecule has 0 radical (unpaired) electrons. The van der Waals surface area contributed by atoms with E-state index in [1.807, 2.05) is 18.2 Å². The Balaban J connectivity index is 1.64. The molecule has 23 heavy (non-hydrogen) atoms. The number of hydrogen-bond donors (Lipinski definition) is 1. The lowest BCUT2D eigenvalue weighted by Gasteiger charge is -2.20. The van der Waals surface area contributed by atoms with Gasteiger partial charge in [0.25, 0.3) is 0 Å². The fourth-order valence-corrected chi connectivity index (χ4v) is 3.43. The van der Waals surface area contributed by atoms with Gasteiger partial charge in [0.2, 0.25) is 0 Å². The van der Waals surface area contributed by atoms with Crippen LogP contribution in [0.2, 0.25) is 0 Å². The molecule has 118 valence electrons. The molecule has 3 aromatic rings. The molecule has 0 amide bonds. The Bertz CT molecular complexity index is 836. The molecule has 0 atom stereocenters. The van der Waals surface area contributed by atoms with Gasteiger partial charge in [0, 0.05) is 29.7 Å². The summed E-state index contributed by atoms with van der Waals surface area (Å²) in [4.78, 5) is 5.78. The van der Waals surface area contributed by atoms with E-state index in [0.29, 0.717) is 0 Å². The molecule has 1 aliphatic heterocycles. The van der Waals surface area contributed by atoms with Crippen molar-refractivity contribution in [3.05, 3.63) is 70.9 Å². The minimum atomic E-state index is -0.209. The van der Waals surface area contributed by atoms with Gasteiger partial charge in [-0.1, -0.05) is 12.1 Å². The Kier molecular flexibility index (Phi) is 3.62. The minimum Gasteiger partial charge on any atom is -0.358 e. The third-order valence-electron chi connectivity index (χ3n) is 4.56. The highest BCUT2D eigenvalue weighted by atomic mass is 19.1. The van der Waals surface area contributed by atoms with Crippen molar-refractivity contribution in [2.75, 3.05) is 6.54 Å². The molecule has 1 N–H and O–H groups in total. The molecule has 0 saturated heterocycles. The topological polar surface area (TPSA) is 19.0 Å². The Morgan fingerprint density at radius 3 is 2.61 bits per heavy atom. The highest BCUT2D eigenvalue weighted by molar-refractivity contribution is 5.84. The van der Waals surface area contributed by atoms with Crippen molar-refractivity contribution in [3.8, 4) is 0 Å². The van der Waals surface area contributed by atoms with E-state index < -0.39 is 0 Å². The number of halogens is 2. The monoisotopic (exact) mass is 312 g/mol. The van der Waals surface area contributed by atoms with Crippen LogP contribution in [0.4, 0.5) is 8.78 Å². The van der Waals surface area contributed by atoms with Gasteiger partial charge >= 0.3 is 0 Å². The van der Waals surface area contributed by atoms with Gasteiger partial charge in [-0.3, -0.25) is 4.90 Å². The lowest BCUT2D eigenvalue weighted by Crippen LogP contribution is -2.22. The summed E-state index contributed by atoms with van der Waals surface area (Å²) in [5.74, 6) is -0.410. The number of benzene rings is 2. The summed E-state index contributed by atoms with van der Waals surface area (Å²) in [6, 6.07) is 11.6. The van der Waals surface area contributed by atoms with E-state index >= 15 is 0 Å². The summed E-state index contributed by atoms with van der Waals surface area (Å²) in [6.45, 7) is 2.55. The quantitative estimate of drug-likeness (QED) is 0.743. The maximum absolute atomic E-state index is 13.6. The molecule has 0 bridgehead atoms. The highest BCUT2D eigenvalue weighted by Crippen LogP contribution is 2.28. The maximum Gasteiger partial charge on any atom is 0.123 e. The third-order valence-corrected chi connectivity index (χ3v) is 4.56. The van der Waals surface area contributed by atoms with Crippen LogP contribution in [0.15, 0.2) is 42.5 Å². The predicted molar refractivity (Wildman–Crippen MR) is 87.1 cm³/mol. The van der Waals surface area contributed by atoms with E-state index in [2.05, 4.69) is 9.88 Å². The lowest BCUT2D eigenvalue weighted by atomic mass is 10.1. The number of hydrogen-bond acceptors (Lipinski definition) is 1. The van der Waals surface area contributed by atoms with Crippen LogP contribution in [0.5, 0.6) is 0 Å². The van der Waals surface area contributed by atoms with Gasteiger partial charge < -0.3 is 4.98 Å². The lowest BCUT2D eigenvalue weighted by molar-refractivity contribution is 0.262. The van der Waals surface area contributed by atoms with Gasteiger partial charge in [-0.15, -0.1) is 0 Å². The van der Waals surface area contributed by atoms with Crippen LogP contribution in [0.25, 0.3) is 10.9 Å². The normalized spacial score (nSPS) is 15.6. The third kappa shape index (κ3) is 2.86. The van der Waals surface area contributed by atoms with Crippen LogP contribution in [0.1, 0.15) is 23.2 Å². The predicted octanol–water partition coefficient (Wildman–Crippen LogP) is 4.39. The SMILES string of the molecule is Fc1ccc(CN2CCCc3[nH]c4ccc(F)cc4c3C2)cc1. The highest BCUT2D eigenvalue weighted by Gasteiger charge is 2.19. The van der Waals surface area contributed by atoms with Crippen molar-refractivity contribution in [2.45, 2.75) is 25.9 Å². The summed E-state index contributed by atoms with van der Waals surface area (Å²) in [5.41, 5.74) is 4.51. The molecule has 4 rings (SSSR count). The summed E-state index contributed by atoms with van der Waals surface area (Å²) in [5, 5.41) is 0.978. The molecule has 0 fully saturated rings. The van der Waals surface area contributed by atoms with Gasteiger partial charge in [0.15, 0.2) is 0 Å². The van der Waals surface area contributed by atoms with E-state index in [-0.39, 0.29) is 11.6 Å². The second-order valence-electron chi connectivity index (χ2n) is 6.21. The summed E-state index contributed by atoms with van der Waals surface area (Å²) < 4.78 is 26.6. The smallest absolute Gasteiger partial charge is 0.123 e. The van der Waals surface area contributed by atoms with Crippen molar-refractivity contribution < 1.29 is 8.78 Å². The van der Waals surface area contributed by atoms with Gasteiger partial charge in [0.1, 0.15) is 11.6 Å². The van der Waals surface area contributed by atoms with Gasteiger partial charge in [-0.2, -0.15) is 0 Å². The number of aromatic nitrogens is 1. The molecule has 4 heteroatoms. The summed E-state index contributed by atoms with van der Waals surface area (Å²) in [6.07, 6.45) is 2.04. The molecule has 2 heterocycles. The number of nitrogens with zero attached hydrogens (tertiary/aromatic N) is 1. The Labute approximate surface area is 133 Å². The van der Waals surface area contributed by atoms with E-state index in [0.717, 1.165) is 48.9 Å². The first-order chi connectivity index (χ1) is 11.2. The van der Waals surface area contributed by atoms with E-state index in [1.165, 1.54) is 29.5 Å². The van der Waals surface area contributed by atoms with Crippen molar-refractivity contribution in [1.29, 1.82) is 0 Å². The molecule has 2 nitrogen and oxygen atoms in total. The van der Waals surface area contributed by atoms with Crippen molar-refractivity contribution >= 4 is 10.9 Å². The molecule has 0 unspecified atom stereocenters. The first-order valence-corrected chi connectivity index (χ1v) is 7.95. The second-order valence-corrected chi connectivity index (χ2v) is 6.21. The van der Waals surface area contributed by atoms with E-state index in [9.17, 15) is 8.78 Å². The van der Waals surface area contributed by atoms with Crippen LogP contribution in [0, 0.1) is 11.6 Å². The average molecular weight is 312 g/mol.